The van der Waals surface area contributed by atoms with Gasteiger partial charge in [0.05, 0.1) is 6.61 Å². The molecule has 2 rings (SSSR count). The second-order valence-electron chi connectivity index (χ2n) is 5.19. The molecule has 1 aromatic rings. The van der Waals surface area contributed by atoms with Crippen LogP contribution < -0.4 is 5.32 Å². The van der Waals surface area contributed by atoms with Crippen molar-refractivity contribution in [2.24, 2.45) is 0 Å². The van der Waals surface area contributed by atoms with E-state index in [9.17, 15) is 4.39 Å². The average molecular weight is 266 g/mol. The van der Waals surface area contributed by atoms with Crippen LogP contribution in [0.1, 0.15) is 24.9 Å². The van der Waals surface area contributed by atoms with Gasteiger partial charge in [0, 0.05) is 30.3 Å². The molecule has 106 valence electrons. The lowest BCUT2D eigenvalue weighted by Crippen LogP contribution is -2.53. The predicted molar refractivity (Wildman–Crippen MR) is 74.6 cm³/mol. The van der Waals surface area contributed by atoms with E-state index < -0.39 is 0 Å². The van der Waals surface area contributed by atoms with Crippen LogP contribution >= 0.6 is 0 Å². The summed E-state index contributed by atoms with van der Waals surface area (Å²) in [5.41, 5.74) is 0.741. The molecule has 4 heteroatoms. The molecule has 0 amide bonds. The van der Waals surface area contributed by atoms with Gasteiger partial charge in [0.2, 0.25) is 0 Å². The smallest absolute Gasteiger partial charge is 0.127 e. The maximum atomic E-state index is 13.9. The summed E-state index contributed by atoms with van der Waals surface area (Å²) < 4.78 is 19.4. The third-order valence-electron chi connectivity index (χ3n) is 4.19. The minimum atomic E-state index is -0.139. The fraction of sp³-hybridized carbons (Fsp3) is 0.600. The second-order valence-corrected chi connectivity index (χ2v) is 5.19. The van der Waals surface area contributed by atoms with Crippen LogP contribution in [0.3, 0.4) is 0 Å². The summed E-state index contributed by atoms with van der Waals surface area (Å²) in [6.07, 6.45) is 0.996. The minimum Gasteiger partial charge on any atom is -0.380 e. The molecule has 3 atom stereocenters. The summed E-state index contributed by atoms with van der Waals surface area (Å²) in [6, 6.07) is 7.69. The molecule has 1 aliphatic heterocycles. The Morgan fingerprint density at radius 3 is 2.84 bits per heavy atom. The van der Waals surface area contributed by atoms with Crippen LogP contribution in [0, 0.1) is 5.82 Å². The molecule has 0 radical (unpaired) electrons. The highest BCUT2D eigenvalue weighted by Gasteiger charge is 2.31. The first-order valence-electron chi connectivity index (χ1n) is 6.86. The number of rotatable bonds is 4. The van der Waals surface area contributed by atoms with Gasteiger partial charge in [0.25, 0.3) is 0 Å². The van der Waals surface area contributed by atoms with E-state index in [1.807, 2.05) is 33.2 Å². The van der Waals surface area contributed by atoms with E-state index in [2.05, 4.69) is 10.2 Å². The molecule has 1 aromatic carbocycles. The summed E-state index contributed by atoms with van der Waals surface area (Å²) in [7, 11) is 4.02. The molecule has 0 saturated carbocycles. The molecule has 1 fully saturated rings. The predicted octanol–water partition coefficient (Wildman–Crippen LogP) is 2.20. The maximum absolute atomic E-state index is 13.9. The molecular weight excluding hydrogens is 243 g/mol. The van der Waals surface area contributed by atoms with E-state index in [0.717, 1.165) is 18.6 Å². The first-order valence-corrected chi connectivity index (χ1v) is 6.86. The Balaban J connectivity index is 2.14. The van der Waals surface area contributed by atoms with E-state index in [-0.39, 0.29) is 17.9 Å². The fourth-order valence-corrected chi connectivity index (χ4v) is 2.78. The van der Waals surface area contributed by atoms with E-state index in [4.69, 9.17) is 4.74 Å². The third-order valence-corrected chi connectivity index (χ3v) is 4.19. The van der Waals surface area contributed by atoms with Crippen LogP contribution in [0.4, 0.5) is 4.39 Å². The van der Waals surface area contributed by atoms with E-state index in [1.54, 1.807) is 6.07 Å². The van der Waals surface area contributed by atoms with E-state index in [1.165, 1.54) is 6.07 Å². The summed E-state index contributed by atoms with van der Waals surface area (Å²) in [6.45, 7) is 3.53. The Kier molecular flexibility index (Phi) is 4.91. The van der Waals surface area contributed by atoms with Gasteiger partial charge in [-0.2, -0.15) is 0 Å². The Hall–Kier alpha value is -0.970. The normalized spacial score (nSPS) is 25.5. The topological polar surface area (TPSA) is 24.5 Å². The van der Waals surface area contributed by atoms with Gasteiger partial charge in [-0.1, -0.05) is 18.2 Å². The summed E-state index contributed by atoms with van der Waals surface area (Å²) in [4.78, 5) is 2.21. The molecule has 0 bridgehead atoms. The fourth-order valence-electron chi connectivity index (χ4n) is 2.78. The highest BCUT2D eigenvalue weighted by Crippen LogP contribution is 2.26. The number of ether oxygens (including phenoxy) is 1. The van der Waals surface area contributed by atoms with Crippen molar-refractivity contribution >= 4 is 0 Å². The lowest BCUT2D eigenvalue weighted by atomic mass is 9.98. The van der Waals surface area contributed by atoms with E-state index >= 15 is 0 Å². The number of hydrogen-bond donors (Lipinski definition) is 1. The van der Waals surface area contributed by atoms with Crippen LogP contribution in [0.5, 0.6) is 0 Å². The first kappa shape index (κ1) is 14.4. The van der Waals surface area contributed by atoms with Crippen molar-refractivity contribution in [1.29, 1.82) is 0 Å². The molecule has 1 heterocycles. The number of nitrogens with one attached hydrogen (secondary N) is 1. The van der Waals surface area contributed by atoms with Gasteiger partial charge >= 0.3 is 0 Å². The van der Waals surface area contributed by atoms with Gasteiger partial charge < -0.3 is 10.1 Å². The Morgan fingerprint density at radius 2 is 2.16 bits per heavy atom. The van der Waals surface area contributed by atoms with Gasteiger partial charge in [-0.15, -0.1) is 0 Å². The monoisotopic (exact) mass is 266 g/mol. The van der Waals surface area contributed by atoms with Crippen molar-refractivity contribution in [3.05, 3.63) is 35.6 Å². The average Bonchev–Trinajstić information content (AvgIpc) is 2.46. The zero-order valence-corrected chi connectivity index (χ0v) is 11.9. The molecule has 1 N–H and O–H groups in total. The van der Waals surface area contributed by atoms with Crippen molar-refractivity contribution in [3.8, 4) is 0 Å². The Labute approximate surface area is 114 Å². The van der Waals surface area contributed by atoms with Gasteiger partial charge in [-0.25, -0.2) is 4.39 Å². The van der Waals surface area contributed by atoms with Gasteiger partial charge in [0.1, 0.15) is 5.82 Å². The largest absolute Gasteiger partial charge is 0.380 e. The highest BCUT2D eigenvalue weighted by molar-refractivity contribution is 5.21. The molecule has 3 nitrogen and oxygen atoms in total. The maximum Gasteiger partial charge on any atom is 0.127 e. The number of hydrogen-bond acceptors (Lipinski definition) is 3. The number of nitrogens with zero attached hydrogens (tertiary/aromatic N) is 1. The number of benzene rings is 1. The molecular formula is C15H23FN2O. The number of halogens is 1. The Morgan fingerprint density at radius 1 is 1.42 bits per heavy atom. The molecule has 1 saturated heterocycles. The zero-order valence-electron chi connectivity index (χ0n) is 11.9. The van der Waals surface area contributed by atoms with Gasteiger partial charge in [0.15, 0.2) is 0 Å². The molecule has 0 aromatic heterocycles. The molecule has 0 spiro atoms. The van der Waals surface area contributed by atoms with Crippen molar-refractivity contribution in [1.82, 2.24) is 10.2 Å². The van der Waals surface area contributed by atoms with Gasteiger partial charge in [-0.3, -0.25) is 4.90 Å². The van der Waals surface area contributed by atoms with Crippen molar-refractivity contribution < 1.29 is 9.13 Å². The lowest BCUT2D eigenvalue weighted by molar-refractivity contribution is -0.00520. The van der Waals surface area contributed by atoms with E-state index in [0.29, 0.717) is 12.6 Å². The summed E-state index contributed by atoms with van der Waals surface area (Å²) in [5, 5.41) is 3.34. The van der Waals surface area contributed by atoms with Crippen molar-refractivity contribution in [2.75, 3.05) is 27.3 Å². The molecule has 3 unspecified atom stereocenters. The third kappa shape index (κ3) is 3.14. The summed E-state index contributed by atoms with van der Waals surface area (Å²) >= 11 is 0. The quantitative estimate of drug-likeness (QED) is 0.904. The van der Waals surface area contributed by atoms with Crippen LogP contribution in [0.15, 0.2) is 24.3 Å². The zero-order chi connectivity index (χ0) is 13.8. The van der Waals surface area contributed by atoms with Crippen LogP contribution in [0.25, 0.3) is 0 Å². The molecule has 19 heavy (non-hydrogen) atoms. The van der Waals surface area contributed by atoms with Crippen molar-refractivity contribution in [3.63, 3.8) is 0 Å². The minimum absolute atomic E-state index is 0.0312. The standard InChI is InChI=1S/C15H23FN2O/c1-11(12-6-4-5-7-13(12)16)18(3)15-10-19-9-8-14(15)17-2/h4-7,11,14-15,17H,8-10H2,1-3H3. The second kappa shape index (κ2) is 6.46. The first-order chi connectivity index (χ1) is 9.15. The highest BCUT2D eigenvalue weighted by atomic mass is 19.1. The SMILES string of the molecule is CNC1CCOCC1N(C)C(C)c1ccccc1F. The summed E-state index contributed by atoms with van der Waals surface area (Å²) in [5.74, 6) is -0.139. The number of likely N-dealkylation sites (N-methyl/N-ethyl adjacent to an activating group) is 2. The van der Waals surface area contributed by atoms with Crippen LogP contribution in [0.2, 0.25) is 0 Å². The van der Waals surface area contributed by atoms with Crippen LogP contribution in [-0.4, -0.2) is 44.3 Å². The van der Waals surface area contributed by atoms with Gasteiger partial charge in [-0.05, 0) is 33.5 Å². The lowest BCUT2D eigenvalue weighted by Gasteiger charge is -2.40. The van der Waals surface area contributed by atoms with Crippen molar-refractivity contribution in [2.45, 2.75) is 31.5 Å². The Bertz CT molecular complexity index is 413. The molecule has 1 aliphatic rings. The van der Waals surface area contributed by atoms with Crippen LogP contribution in [-0.2, 0) is 4.74 Å². The molecule has 0 aliphatic carbocycles.